The maximum atomic E-state index is 11.9. The van der Waals surface area contributed by atoms with Gasteiger partial charge in [-0.1, -0.05) is 0 Å². The third-order valence-corrected chi connectivity index (χ3v) is 4.15. The van der Waals surface area contributed by atoms with Crippen LogP contribution in [-0.4, -0.2) is 33.5 Å². The summed E-state index contributed by atoms with van der Waals surface area (Å²) in [6, 6.07) is 1.79. The molecule has 0 aliphatic heterocycles. The van der Waals surface area contributed by atoms with E-state index >= 15 is 0 Å². The van der Waals surface area contributed by atoms with Gasteiger partial charge in [-0.2, -0.15) is 16.4 Å². The molecule has 6 nitrogen and oxygen atoms in total. The predicted molar refractivity (Wildman–Crippen MR) is 86.8 cm³/mol. The van der Waals surface area contributed by atoms with Crippen LogP contribution in [0, 0.1) is 0 Å². The van der Waals surface area contributed by atoms with E-state index in [1.807, 2.05) is 18.4 Å². The minimum absolute atomic E-state index is 0.0259. The van der Waals surface area contributed by atoms with Crippen molar-refractivity contribution in [2.75, 3.05) is 6.54 Å². The standard InChI is InChI=1S/C15H22N4O2S/c1-11(6-12-4-5-22-9-12)18-14(20)16-10-15(2,21)13-7-17-19(3)8-13/h4-5,7-9,11,21H,6,10H2,1-3H3,(H2,16,18,20). The van der Waals surface area contributed by atoms with Crippen molar-refractivity contribution >= 4 is 17.4 Å². The van der Waals surface area contributed by atoms with Gasteiger partial charge in [0, 0.05) is 24.8 Å². The normalized spacial score (nSPS) is 15.1. The molecule has 0 saturated carbocycles. The van der Waals surface area contributed by atoms with Gasteiger partial charge in [0.05, 0.1) is 12.7 Å². The smallest absolute Gasteiger partial charge is 0.315 e. The quantitative estimate of drug-likeness (QED) is 0.756. The van der Waals surface area contributed by atoms with Crippen molar-refractivity contribution in [3.05, 3.63) is 40.3 Å². The van der Waals surface area contributed by atoms with E-state index in [4.69, 9.17) is 0 Å². The Bertz CT molecular complexity index is 607. The first-order valence-electron chi connectivity index (χ1n) is 7.14. The van der Waals surface area contributed by atoms with E-state index in [2.05, 4.69) is 21.1 Å². The van der Waals surface area contributed by atoms with E-state index in [1.54, 1.807) is 42.4 Å². The van der Waals surface area contributed by atoms with Crippen molar-refractivity contribution in [2.24, 2.45) is 7.05 Å². The Kier molecular flexibility index (Phi) is 5.20. The van der Waals surface area contributed by atoms with Gasteiger partial charge in [0.15, 0.2) is 0 Å². The van der Waals surface area contributed by atoms with Crippen LogP contribution in [0.4, 0.5) is 4.79 Å². The molecule has 7 heteroatoms. The Hall–Kier alpha value is -1.86. The molecule has 0 fully saturated rings. The number of hydrogen-bond acceptors (Lipinski definition) is 4. The lowest BCUT2D eigenvalue weighted by Gasteiger charge is -2.23. The van der Waals surface area contributed by atoms with Gasteiger partial charge in [0.25, 0.3) is 0 Å². The van der Waals surface area contributed by atoms with E-state index in [0.717, 1.165) is 6.42 Å². The van der Waals surface area contributed by atoms with Crippen LogP contribution in [0.5, 0.6) is 0 Å². The predicted octanol–water partition coefficient (Wildman–Crippen LogP) is 1.62. The Labute approximate surface area is 134 Å². The summed E-state index contributed by atoms with van der Waals surface area (Å²) in [6.45, 7) is 3.73. The first-order valence-corrected chi connectivity index (χ1v) is 8.08. The van der Waals surface area contributed by atoms with Gasteiger partial charge < -0.3 is 15.7 Å². The zero-order chi connectivity index (χ0) is 16.2. The summed E-state index contributed by atoms with van der Waals surface area (Å²) >= 11 is 1.64. The summed E-state index contributed by atoms with van der Waals surface area (Å²) in [6.07, 6.45) is 4.12. The van der Waals surface area contributed by atoms with E-state index in [1.165, 1.54) is 5.56 Å². The Morgan fingerprint density at radius 1 is 1.59 bits per heavy atom. The fraction of sp³-hybridized carbons (Fsp3) is 0.467. The van der Waals surface area contributed by atoms with Gasteiger partial charge in [-0.3, -0.25) is 4.68 Å². The van der Waals surface area contributed by atoms with Crippen LogP contribution < -0.4 is 10.6 Å². The van der Waals surface area contributed by atoms with Crippen molar-refractivity contribution in [2.45, 2.75) is 31.9 Å². The van der Waals surface area contributed by atoms with Gasteiger partial charge in [-0.15, -0.1) is 0 Å². The highest BCUT2D eigenvalue weighted by molar-refractivity contribution is 7.07. The van der Waals surface area contributed by atoms with Crippen LogP contribution in [-0.2, 0) is 19.1 Å². The maximum absolute atomic E-state index is 11.9. The molecule has 0 saturated heterocycles. The van der Waals surface area contributed by atoms with E-state index in [9.17, 15) is 9.90 Å². The molecule has 2 atom stereocenters. The van der Waals surface area contributed by atoms with Gasteiger partial charge in [0.1, 0.15) is 5.60 Å². The Morgan fingerprint density at radius 2 is 2.36 bits per heavy atom. The molecule has 3 N–H and O–H groups in total. The summed E-state index contributed by atoms with van der Waals surface area (Å²) in [5.74, 6) is 0. The monoisotopic (exact) mass is 322 g/mol. The molecule has 0 aliphatic rings. The third-order valence-electron chi connectivity index (χ3n) is 3.42. The highest BCUT2D eigenvalue weighted by Gasteiger charge is 2.25. The fourth-order valence-electron chi connectivity index (χ4n) is 2.14. The number of aliphatic hydroxyl groups is 1. The molecule has 0 aliphatic carbocycles. The molecule has 2 aromatic heterocycles. The second-order valence-electron chi connectivity index (χ2n) is 5.74. The average molecular weight is 322 g/mol. The summed E-state index contributed by atoms with van der Waals surface area (Å²) in [4.78, 5) is 11.9. The number of carbonyl (C=O) groups is 1. The van der Waals surface area contributed by atoms with E-state index in [0.29, 0.717) is 5.56 Å². The molecule has 2 amide bonds. The topological polar surface area (TPSA) is 79.2 Å². The number of amides is 2. The molecule has 0 bridgehead atoms. The fourth-order valence-corrected chi connectivity index (χ4v) is 2.82. The van der Waals surface area contributed by atoms with Gasteiger partial charge in [-0.25, -0.2) is 4.79 Å². The Morgan fingerprint density at radius 3 is 2.95 bits per heavy atom. The molecule has 120 valence electrons. The summed E-state index contributed by atoms with van der Waals surface area (Å²) in [7, 11) is 1.78. The minimum atomic E-state index is -1.15. The molecular formula is C15H22N4O2S. The highest BCUT2D eigenvalue weighted by atomic mass is 32.1. The number of nitrogens with zero attached hydrogens (tertiary/aromatic N) is 2. The van der Waals surface area contributed by atoms with E-state index < -0.39 is 5.60 Å². The second kappa shape index (κ2) is 6.93. The maximum Gasteiger partial charge on any atom is 0.315 e. The van der Waals surface area contributed by atoms with Crippen LogP contribution >= 0.6 is 11.3 Å². The number of hydrogen-bond donors (Lipinski definition) is 3. The molecule has 22 heavy (non-hydrogen) atoms. The average Bonchev–Trinajstić information content (AvgIpc) is 3.08. The number of rotatable bonds is 6. The van der Waals surface area contributed by atoms with Crippen LogP contribution in [0.1, 0.15) is 25.0 Å². The van der Waals surface area contributed by atoms with Crippen LogP contribution in [0.15, 0.2) is 29.2 Å². The number of thiophene rings is 1. The lowest BCUT2D eigenvalue weighted by molar-refractivity contribution is 0.0592. The van der Waals surface area contributed by atoms with Crippen molar-refractivity contribution in [3.63, 3.8) is 0 Å². The van der Waals surface area contributed by atoms with Crippen LogP contribution in [0.25, 0.3) is 0 Å². The second-order valence-corrected chi connectivity index (χ2v) is 6.52. The zero-order valence-electron chi connectivity index (χ0n) is 13.0. The number of aromatic nitrogens is 2. The van der Waals surface area contributed by atoms with E-state index in [-0.39, 0.29) is 18.6 Å². The molecule has 0 aromatic carbocycles. The van der Waals surface area contributed by atoms with Gasteiger partial charge in [-0.05, 0) is 42.7 Å². The van der Waals surface area contributed by atoms with Crippen LogP contribution in [0.2, 0.25) is 0 Å². The molecule has 0 spiro atoms. The number of nitrogens with one attached hydrogen (secondary N) is 2. The van der Waals surface area contributed by atoms with Crippen molar-refractivity contribution in [1.29, 1.82) is 0 Å². The SMILES string of the molecule is CC(Cc1ccsc1)NC(=O)NCC(C)(O)c1cnn(C)c1. The minimum Gasteiger partial charge on any atom is -0.383 e. The van der Waals surface area contributed by atoms with Gasteiger partial charge in [0.2, 0.25) is 0 Å². The highest BCUT2D eigenvalue weighted by Crippen LogP contribution is 2.18. The molecular weight excluding hydrogens is 300 g/mol. The number of urea groups is 1. The molecule has 2 unspecified atom stereocenters. The molecule has 2 heterocycles. The lowest BCUT2D eigenvalue weighted by Crippen LogP contribution is -2.46. The van der Waals surface area contributed by atoms with Crippen LogP contribution in [0.3, 0.4) is 0 Å². The summed E-state index contributed by atoms with van der Waals surface area (Å²) in [5, 5.41) is 24.1. The first-order chi connectivity index (χ1) is 10.4. The molecule has 0 radical (unpaired) electrons. The third kappa shape index (κ3) is 4.57. The first kappa shape index (κ1) is 16.5. The number of aryl methyl sites for hydroxylation is 1. The largest absolute Gasteiger partial charge is 0.383 e. The Balaban J connectivity index is 1.79. The van der Waals surface area contributed by atoms with Crippen molar-refractivity contribution in [1.82, 2.24) is 20.4 Å². The summed E-state index contributed by atoms with van der Waals surface area (Å²) in [5.41, 5.74) is 0.726. The molecule has 2 aromatic rings. The van der Waals surface area contributed by atoms with Gasteiger partial charge >= 0.3 is 6.03 Å². The number of carbonyl (C=O) groups excluding carboxylic acids is 1. The summed E-state index contributed by atoms with van der Waals surface area (Å²) < 4.78 is 1.62. The zero-order valence-corrected chi connectivity index (χ0v) is 13.9. The molecule has 2 rings (SSSR count). The lowest BCUT2D eigenvalue weighted by atomic mass is 10.00. The van der Waals surface area contributed by atoms with Crippen molar-refractivity contribution in [3.8, 4) is 0 Å². The van der Waals surface area contributed by atoms with Crippen molar-refractivity contribution < 1.29 is 9.90 Å².